The maximum atomic E-state index is 12.3. The number of halogens is 2. The first-order valence-electron chi connectivity index (χ1n) is 8.10. The lowest BCUT2D eigenvalue weighted by Crippen LogP contribution is -2.13. The molecule has 6 nitrogen and oxygen atoms in total. The number of hydrogen-bond acceptors (Lipinski definition) is 8. The van der Waals surface area contributed by atoms with Gasteiger partial charge in [-0.25, -0.2) is 0 Å². The highest BCUT2D eigenvalue weighted by Gasteiger charge is 2.10. The summed E-state index contributed by atoms with van der Waals surface area (Å²) in [5.41, 5.74) is 1.73. The fourth-order valence-electron chi connectivity index (χ4n) is 2.15. The second-order valence-electron chi connectivity index (χ2n) is 5.43. The number of anilines is 3. The number of nitrogens with one attached hydrogen (secondary N) is 2. The zero-order chi connectivity index (χ0) is 20.6. The molecule has 0 fully saturated rings. The molecule has 148 valence electrons. The standard InChI is InChI=1S/C18H13F2N5OS3/c19-16(20)28-14-6-4-12(5-7-14)23-17-24-25-18(29-17)27-10-15(26)22-13-3-1-2-11(8-13)9-21/h1-8,16H,10H2,(H,22,26)(H,23,24). The fraction of sp³-hybridized carbons (Fsp3) is 0.111. The smallest absolute Gasteiger partial charge is 0.288 e. The van der Waals surface area contributed by atoms with Crippen molar-refractivity contribution in [2.45, 2.75) is 15.0 Å². The number of rotatable bonds is 8. The van der Waals surface area contributed by atoms with E-state index < -0.39 is 5.76 Å². The molecule has 1 amide bonds. The third-order valence-corrected chi connectivity index (χ3v) is 6.03. The van der Waals surface area contributed by atoms with Gasteiger partial charge in [-0.2, -0.15) is 14.0 Å². The van der Waals surface area contributed by atoms with Crippen LogP contribution in [0.15, 0.2) is 57.8 Å². The number of aromatic nitrogens is 2. The minimum Gasteiger partial charge on any atom is -0.330 e. The van der Waals surface area contributed by atoms with Gasteiger partial charge in [-0.05, 0) is 42.5 Å². The first kappa shape index (κ1) is 21.0. The Morgan fingerprint density at radius 3 is 2.69 bits per heavy atom. The van der Waals surface area contributed by atoms with Gasteiger partial charge in [0.1, 0.15) is 0 Å². The Labute approximate surface area is 177 Å². The lowest BCUT2D eigenvalue weighted by molar-refractivity contribution is -0.113. The summed E-state index contributed by atoms with van der Waals surface area (Å²) in [7, 11) is 0. The van der Waals surface area contributed by atoms with Crippen LogP contribution in [0.2, 0.25) is 0 Å². The highest BCUT2D eigenvalue weighted by atomic mass is 32.2. The van der Waals surface area contributed by atoms with E-state index in [1.165, 1.54) is 23.1 Å². The third-order valence-electron chi connectivity index (χ3n) is 3.34. The van der Waals surface area contributed by atoms with Crippen LogP contribution in [0.1, 0.15) is 5.56 Å². The number of nitriles is 1. The van der Waals surface area contributed by atoms with Crippen molar-refractivity contribution >= 4 is 57.3 Å². The summed E-state index contributed by atoms with van der Waals surface area (Å²) in [4.78, 5) is 12.5. The van der Waals surface area contributed by atoms with Crippen LogP contribution in [0.3, 0.4) is 0 Å². The average molecular weight is 450 g/mol. The molecule has 1 heterocycles. The van der Waals surface area contributed by atoms with E-state index in [4.69, 9.17) is 5.26 Å². The summed E-state index contributed by atoms with van der Waals surface area (Å²) in [5, 5.41) is 23.2. The van der Waals surface area contributed by atoms with E-state index in [1.807, 2.05) is 6.07 Å². The van der Waals surface area contributed by atoms with Crippen LogP contribution in [0.5, 0.6) is 0 Å². The lowest BCUT2D eigenvalue weighted by Gasteiger charge is -2.04. The van der Waals surface area contributed by atoms with Gasteiger partial charge in [0.15, 0.2) is 4.34 Å². The zero-order valence-corrected chi connectivity index (χ0v) is 17.1. The van der Waals surface area contributed by atoms with Crippen molar-refractivity contribution in [2.24, 2.45) is 0 Å². The molecule has 0 atom stereocenters. The van der Waals surface area contributed by atoms with Gasteiger partial charge in [0.2, 0.25) is 11.0 Å². The monoisotopic (exact) mass is 449 g/mol. The second kappa shape index (κ2) is 10.2. The van der Waals surface area contributed by atoms with E-state index in [0.717, 1.165) is 0 Å². The number of carbonyl (C=O) groups excluding carboxylic acids is 1. The Morgan fingerprint density at radius 1 is 1.17 bits per heavy atom. The predicted octanol–water partition coefficient (Wildman–Crippen LogP) is 5.20. The molecule has 0 unspecified atom stereocenters. The van der Waals surface area contributed by atoms with E-state index in [1.54, 1.807) is 48.5 Å². The van der Waals surface area contributed by atoms with Crippen molar-refractivity contribution in [1.29, 1.82) is 5.26 Å². The molecule has 2 aromatic carbocycles. The Kier molecular flexibility index (Phi) is 7.40. The SMILES string of the molecule is N#Cc1cccc(NC(=O)CSc2nnc(Nc3ccc(SC(F)F)cc3)s2)c1. The topological polar surface area (TPSA) is 90.7 Å². The fourth-order valence-corrected chi connectivity index (χ4v) is 4.22. The molecular weight excluding hydrogens is 436 g/mol. The van der Waals surface area contributed by atoms with Crippen molar-refractivity contribution in [3.8, 4) is 6.07 Å². The van der Waals surface area contributed by atoms with E-state index >= 15 is 0 Å². The van der Waals surface area contributed by atoms with Gasteiger partial charge in [-0.3, -0.25) is 4.79 Å². The Morgan fingerprint density at radius 2 is 1.97 bits per heavy atom. The molecular formula is C18H13F2N5OS3. The van der Waals surface area contributed by atoms with Crippen LogP contribution in [-0.2, 0) is 4.79 Å². The highest BCUT2D eigenvalue weighted by molar-refractivity contribution is 8.01. The number of amides is 1. The van der Waals surface area contributed by atoms with Crippen molar-refractivity contribution in [2.75, 3.05) is 16.4 Å². The zero-order valence-electron chi connectivity index (χ0n) is 14.6. The van der Waals surface area contributed by atoms with Crippen LogP contribution in [-0.4, -0.2) is 27.6 Å². The van der Waals surface area contributed by atoms with Crippen molar-refractivity contribution in [3.63, 3.8) is 0 Å². The minimum absolute atomic E-state index is 0.144. The first-order valence-corrected chi connectivity index (χ1v) is 10.8. The van der Waals surface area contributed by atoms with Gasteiger partial charge in [-0.1, -0.05) is 40.9 Å². The molecule has 11 heteroatoms. The molecule has 29 heavy (non-hydrogen) atoms. The number of alkyl halides is 2. The molecule has 3 rings (SSSR count). The molecule has 0 saturated carbocycles. The summed E-state index contributed by atoms with van der Waals surface area (Å²) in [6, 6.07) is 15.2. The molecule has 0 saturated heterocycles. The van der Waals surface area contributed by atoms with Gasteiger partial charge in [-0.15, -0.1) is 10.2 Å². The van der Waals surface area contributed by atoms with Gasteiger partial charge in [0, 0.05) is 16.3 Å². The van der Waals surface area contributed by atoms with Crippen molar-refractivity contribution < 1.29 is 13.6 Å². The van der Waals surface area contributed by atoms with E-state index in [0.29, 0.717) is 43.1 Å². The summed E-state index contributed by atoms with van der Waals surface area (Å²) < 4.78 is 25.3. The highest BCUT2D eigenvalue weighted by Crippen LogP contribution is 2.30. The quantitative estimate of drug-likeness (QED) is 0.457. The summed E-state index contributed by atoms with van der Waals surface area (Å²) in [6.07, 6.45) is 0. The lowest BCUT2D eigenvalue weighted by atomic mass is 10.2. The normalized spacial score (nSPS) is 10.6. The Bertz CT molecular complexity index is 1020. The summed E-state index contributed by atoms with van der Waals surface area (Å²) >= 11 is 3.00. The van der Waals surface area contributed by atoms with Gasteiger partial charge in [0.25, 0.3) is 5.76 Å². The Hall–Kier alpha value is -2.68. The molecule has 0 spiro atoms. The van der Waals surface area contributed by atoms with Gasteiger partial charge < -0.3 is 10.6 Å². The van der Waals surface area contributed by atoms with E-state index in [-0.39, 0.29) is 11.7 Å². The maximum absolute atomic E-state index is 12.3. The molecule has 3 aromatic rings. The molecule has 0 aliphatic carbocycles. The van der Waals surface area contributed by atoms with E-state index in [2.05, 4.69) is 20.8 Å². The Balaban J connectivity index is 1.49. The third kappa shape index (κ3) is 6.70. The minimum atomic E-state index is -2.45. The van der Waals surface area contributed by atoms with Crippen LogP contribution >= 0.6 is 34.9 Å². The maximum Gasteiger partial charge on any atom is 0.288 e. The number of hydrogen-bond donors (Lipinski definition) is 2. The number of nitrogens with zero attached hydrogens (tertiary/aromatic N) is 3. The molecule has 1 aromatic heterocycles. The predicted molar refractivity (Wildman–Crippen MR) is 112 cm³/mol. The first-order chi connectivity index (χ1) is 14.0. The average Bonchev–Trinajstić information content (AvgIpc) is 3.15. The molecule has 0 aliphatic heterocycles. The number of thioether (sulfide) groups is 2. The summed E-state index contributed by atoms with van der Waals surface area (Å²) in [6.45, 7) is 0. The molecule has 2 N–H and O–H groups in total. The van der Waals surface area contributed by atoms with Crippen LogP contribution < -0.4 is 10.6 Å². The second-order valence-corrected chi connectivity index (χ2v) is 8.69. The summed E-state index contributed by atoms with van der Waals surface area (Å²) in [5.74, 6) is -2.53. The van der Waals surface area contributed by atoms with Gasteiger partial charge in [0.05, 0.1) is 17.4 Å². The van der Waals surface area contributed by atoms with Crippen LogP contribution in [0, 0.1) is 11.3 Å². The van der Waals surface area contributed by atoms with Gasteiger partial charge >= 0.3 is 0 Å². The largest absolute Gasteiger partial charge is 0.330 e. The molecule has 0 radical (unpaired) electrons. The van der Waals surface area contributed by atoms with Crippen LogP contribution in [0.4, 0.5) is 25.3 Å². The van der Waals surface area contributed by atoms with Crippen molar-refractivity contribution in [1.82, 2.24) is 10.2 Å². The van der Waals surface area contributed by atoms with E-state index in [9.17, 15) is 13.6 Å². The number of carbonyl (C=O) groups is 1. The van der Waals surface area contributed by atoms with Crippen molar-refractivity contribution in [3.05, 3.63) is 54.1 Å². The molecule has 0 aliphatic rings. The number of benzene rings is 2. The molecule has 0 bridgehead atoms. The van der Waals surface area contributed by atoms with Crippen LogP contribution in [0.25, 0.3) is 0 Å².